The Bertz CT molecular complexity index is 209. The Balaban J connectivity index is 2.46. The molecule has 0 aromatic rings. The second-order valence-corrected chi connectivity index (χ2v) is 4.71. The van der Waals surface area contributed by atoms with Crippen LogP contribution in [0.15, 0.2) is 11.6 Å². The molecule has 0 radical (unpaired) electrons. The Morgan fingerprint density at radius 3 is 2.93 bits per heavy atom. The fourth-order valence-electron chi connectivity index (χ4n) is 2.17. The van der Waals surface area contributed by atoms with Crippen molar-refractivity contribution in [2.75, 3.05) is 13.1 Å². The van der Waals surface area contributed by atoms with Gasteiger partial charge in [0.25, 0.3) is 0 Å². The van der Waals surface area contributed by atoms with Gasteiger partial charge in [0, 0.05) is 0 Å². The van der Waals surface area contributed by atoms with Crippen LogP contribution < -0.4 is 5.32 Å². The third kappa shape index (κ3) is 4.35. The molecule has 1 aliphatic rings. The molecule has 0 bridgehead atoms. The molecule has 0 fully saturated rings. The van der Waals surface area contributed by atoms with Gasteiger partial charge in [0.2, 0.25) is 0 Å². The lowest BCUT2D eigenvalue weighted by Crippen LogP contribution is -2.32. The van der Waals surface area contributed by atoms with Crippen molar-refractivity contribution in [1.29, 1.82) is 0 Å². The summed E-state index contributed by atoms with van der Waals surface area (Å²) >= 11 is 0. The summed E-state index contributed by atoms with van der Waals surface area (Å²) < 4.78 is 0. The molecule has 1 rings (SSSR count). The van der Waals surface area contributed by atoms with Gasteiger partial charge in [0.1, 0.15) is 0 Å². The van der Waals surface area contributed by atoms with Crippen LogP contribution in [0.4, 0.5) is 0 Å². The molecule has 0 saturated heterocycles. The summed E-state index contributed by atoms with van der Waals surface area (Å²) in [5.74, 6) is 0. The summed E-state index contributed by atoms with van der Waals surface area (Å²) in [4.78, 5) is 0. The fourth-order valence-corrected chi connectivity index (χ4v) is 2.17. The molecule has 0 heterocycles. The third-order valence-electron chi connectivity index (χ3n) is 3.27. The zero-order valence-electron chi connectivity index (χ0n) is 10.2. The molecular formula is C13H25NO. The molecule has 88 valence electrons. The van der Waals surface area contributed by atoms with Crippen LogP contribution in [0.3, 0.4) is 0 Å². The Morgan fingerprint density at radius 1 is 1.40 bits per heavy atom. The predicted octanol–water partition coefficient (Wildman–Crippen LogP) is 2.63. The summed E-state index contributed by atoms with van der Waals surface area (Å²) in [5, 5.41) is 13.7. The van der Waals surface area contributed by atoms with Crippen molar-refractivity contribution in [3.8, 4) is 0 Å². The molecule has 2 heteroatoms. The minimum absolute atomic E-state index is 0.591. The van der Waals surface area contributed by atoms with E-state index in [2.05, 4.69) is 18.3 Å². The molecule has 0 aliphatic heterocycles. The van der Waals surface area contributed by atoms with Gasteiger partial charge >= 0.3 is 0 Å². The van der Waals surface area contributed by atoms with Gasteiger partial charge in [-0.15, -0.1) is 0 Å². The number of rotatable bonds is 5. The molecule has 15 heavy (non-hydrogen) atoms. The summed E-state index contributed by atoms with van der Waals surface area (Å²) in [6, 6.07) is 0. The van der Waals surface area contributed by atoms with Gasteiger partial charge in [-0.1, -0.05) is 19.4 Å². The molecule has 1 atom stereocenters. The van der Waals surface area contributed by atoms with E-state index in [4.69, 9.17) is 0 Å². The van der Waals surface area contributed by atoms with Crippen molar-refractivity contribution < 1.29 is 5.11 Å². The van der Waals surface area contributed by atoms with Crippen LogP contribution in [-0.2, 0) is 0 Å². The lowest BCUT2D eigenvalue weighted by atomic mass is 9.89. The highest BCUT2D eigenvalue weighted by atomic mass is 16.3. The average molecular weight is 211 g/mol. The van der Waals surface area contributed by atoms with Crippen molar-refractivity contribution in [1.82, 2.24) is 5.32 Å². The van der Waals surface area contributed by atoms with Gasteiger partial charge in [-0.05, 0) is 57.7 Å². The van der Waals surface area contributed by atoms with Gasteiger partial charge in [0.15, 0.2) is 0 Å². The third-order valence-corrected chi connectivity index (χ3v) is 3.27. The van der Waals surface area contributed by atoms with Gasteiger partial charge in [0.05, 0.1) is 5.60 Å². The number of nitrogens with one attached hydrogen (secondary N) is 1. The van der Waals surface area contributed by atoms with Crippen molar-refractivity contribution in [2.24, 2.45) is 0 Å². The maximum absolute atomic E-state index is 10.4. The topological polar surface area (TPSA) is 32.3 Å². The molecule has 2 N–H and O–H groups in total. The Morgan fingerprint density at radius 2 is 2.20 bits per heavy atom. The van der Waals surface area contributed by atoms with E-state index in [1.807, 2.05) is 6.92 Å². The monoisotopic (exact) mass is 211 g/mol. The summed E-state index contributed by atoms with van der Waals surface area (Å²) in [6.07, 6.45) is 9.15. The molecule has 0 aromatic heterocycles. The van der Waals surface area contributed by atoms with Gasteiger partial charge in [-0.3, -0.25) is 0 Å². The van der Waals surface area contributed by atoms with Crippen molar-refractivity contribution in [3.63, 3.8) is 0 Å². The first-order valence-corrected chi connectivity index (χ1v) is 6.29. The number of hydrogen-bond acceptors (Lipinski definition) is 2. The SMILES string of the molecule is CCNCCC(C)(O)C1=CCCCCC1. The minimum Gasteiger partial charge on any atom is -0.386 e. The Hall–Kier alpha value is -0.340. The molecule has 0 spiro atoms. The lowest BCUT2D eigenvalue weighted by molar-refractivity contribution is 0.0852. The van der Waals surface area contributed by atoms with Gasteiger partial charge in [-0.25, -0.2) is 0 Å². The van der Waals surface area contributed by atoms with E-state index in [0.717, 1.165) is 32.4 Å². The van der Waals surface area contributed by atoms with E-state index in [-0.39, 0.29) is 0 Å². The molecule has 0 saturated carbocycles. The molecule has 0 amide bonds. The second-order valence-electron chi connectivity index (χ2n) is 4.71. The summed E-state index contributed by atoms with van der Waals surface area (Å²) in [5.41, 5.74) is 0.671. The first-order valence-electron chi connectivity index (χ1n) is 6.29. The molecule has 1 aliphatic carbocycles. The maximum atomic E-state index is 10.4. The van der Waals surface area contributed by atoms with E-state index in [1.165, 1.54) is 24.8 Å². The zero-order valence-corrected chi connectivity index (χ0v) is 10.2. The minimum atomic E-state index is -0.591. The number of aliphatic hydroxyl groups is 1. The highest BCUT2D eigenvalue weighted by Gasteiger charge is 2.25. The fraction of sp³-hybridized carbons (Fsp3) is 0.846. The molecule has 2 nitrogen and oxygen atoms in total. The Labute approximate surface area is 93.8 Å². The first-order chi connectivity index (χ1) is 7.17. The highest BCUT2D eigenvalue weighted by molar-refractivity contribution is 5.16. The zero-order chi connectivity index (χ0) is 11.1. The van der Waals surface area contributed by atoms with Crippen molar-refractivity contribution >= 4 is 0 Å². The number of allylic oxidation sites excluding steroid dienone is 1. The first kappa shape index (κ1) is 12.7. The Kier molecular flexibility index (Phi) is 5.34. The van der Waals surface area contributed by atoms with Crippen LogP contribution in [0, 0.1) is 0 Å². The quantitative estimate of drug-likeness (QED) is 0.541. The van der Waals surface area contributed by atoms with Gasteiger partial charge in [-0.2, -0.15) is 0 Å². The average Bonchev–Trinajstić information content (AvgIpc) is 2.46. The smallest absolute Gasteiger partial charge is 0.0840 e. The van der Waals surface area contributed by atoms with Crippen LogP contribution in [0.5, 0.6) is 0 Å². The van der Waals surface area contributed by atoms with Crippen molar-refractivity contribution in [3.05, 3.63) is 11.6 Å². The highest BCUT2D eigenvalue weighted by Crippen LogP contribution is 2.28. The maximum Gasteiger partial charge on any atom is 0.0840 e. The standard InChI is InChI=1S/C13H25NO/c1-3-14-11-10-13(2,15)12-8-6-4-5-7-9-12/h8,14-15H,3-7,9-11H2,1-2H3. The van der Waals surface area contributed by atoms with Gasteiger partial charge < -0.3 is 10.4 Å². The van der Waals surface area contributed by atoms with E-state index < -0.39 is 5.60 Å². The van der Waals surface area contributed by atoms with E-state index in [0.29, 0.717) is 0 Å². The second kappa shape index (κ2) is 6.29. The van der Waals surface area contributed by atoms with Crippen LogP contribution in [0.25, 0.3) is 0 Å². The summed E-state index contributed by atoms with van der Waals surface area (Å²) in [7, 11) is 0. The van der Waals surface area contributed by atoms with Crippen LogP contribution in [0.1, 0.15) is 52.4 Å². The van der Waals surface area contributed by atoms with Crippen molar-refractivity contribution in [2.45, 2.75) is 58.0 Å². The van der Waals surface area contributed by atoms with Crippen LogP contribution >= 0.6 is 0 Å². The van der Waals surface area contributed by atoms with Crippen LogP contribution in [0.2, 0.25) is 0 Å². The molecule has 1 unspecified atom stereocenters. The molecular weight excluding hydrogens is 186 g/mol. The van der Waals surface area contributed by atoms with E-state index in [9.17, 15) is 5.11 Å². The van der Waals surface area contributed by atoms with Crippen LogP contribution in [-0.4, -0.2) is 23.8 Å². The van der Waals surface area contributed by atoms with E-state index >= 15 is 0 Å². The molecule has 0 aromatic carbocycles. The summed E-state index contributed by atoms with van der Waals surface area (Å²) in [6.45, 7) is 5.94. The normalized spacial score (nSPS) is 21.7. The van der Waals surface area contributed by atoms with E-state index in [1.54, 1.807) is 0 Å². The lowest BCUT2D eigenvalue weighted by Gasteiger charge is -2.26. The number of hydrogen-bond donors (Lipinski definition) is 2. The predicted molar refractivity (Wildman–Crippen MR) is 65.0 cm³/mol. The largest absolute Gasteiger partial charge is 0.386 e.